The van der Waals surface area contributed by atoms with Crippen LogP contribution in [0.2, 0.25) is 0 Å². The maximum atomic E-state index is 13.8. The lowest BCUT2D eigenvalue weighted by Gasteiger charge is -2.57. The number of nitrogens with zero attached hydrogens (tertiary/aromatic N) is 3. The van der Waals surface area contributed by atoms with Crippen LogP contribution >= 0.6 is 0 Å². The van der Waals surface area contributed by atoms with Gasteiger partial charge in [-0.05, 0) is 112 Å². The Morgan fingerprint density at radius 3 is 2.59 bits per heavy atom. The van der Waals surface area contributed by atoms with Gasteiger partial charge in [-0.3, -0.25) is 19.6 Å². The van der Waals surface area contributed by atoms with Crippen molar-refractivity contribution >= 4 is 11.5 Å². The molecule has 1 aromatic rings. The first-order valence-corrected chi connectivity index (χ1v) is 13.6. The van der Waals surface area contributed by atoms with Gasteiger partial charge >= 0.3 is 5.69 Å². The van der Waals surface area contributed by atoms with Crippen LogP contribution in [-0.2, 0) is 11.3 Å². The van der Waals surface area contributed by atoms with Crippen molar-refractivity contribution < 1.29 is 14.8 Å². The van der Waals surface area contributed by atoms with Crippen molar-refractivity contribution in [1.29, 1.82) is 0 Å². The molecular formula is C27H39N3O4. The van der Waals surface area contributed by atoms with Gasteiger partial charge in [0.15, 0.2) is 5.78 Å². The molecule has 5 aliphatic rings. The lowest BCUT2D eigenvalue weighted by atomic mass is 9.48. The maximum Gasteiger partial charge on any atom is 0.307 e. The molecule has 3 unspecified atom stereocenters. The molecule has 1 N–H and O–H groups in total. The predicted octanol–water partition coefficient (Wildman–Crippen LogP) is 5.02. The van der Waals surface area contributed by atoms with E-state index in [1.54, 1.807) is 0 Å². The quantitative estimate of drug-likeness (QED) is 0.493. The number of fused-ring (bicyclic) bond motifs is 7. The summed E-state index contributed by atoms with van der Waals surface area (Å²) in [5.74, 6) is 4.95. The molecule has 0 radical (unpaired) electrons. The summed E-state index contributed by atoms with van der Waals surface area (Å²) < 4.78 is 1.48. The Morgan fingerprint density at radius 2 is 1.82 bits per heavy atom. The first kappa shape index (κ1) is 22.7. The summed E-state index contributed by atoms with van der Waals surface area (Å²) in [5, 5.41) is 25.9. The van der Waals surface area contributed by atoms with E-state index in [0.29, 0.717) is 23.7 Å². The van der Waals surface area contributed by atoms with E-state index in [1.807, 2.05) is 6.92 Å². The average molecular weight is 470 g/mol. The number of carbonyl (C=O) groups excluding carboxylic acids is 1. The number of nitro groups is 1. The normalized spacial score (nSPS) is 47.4. The van der Waals surface area contributed by atoms with Gasteiger partial charge in [-0.15, -0.1) is 0 Å². The molecule has 0 aromatic carbocycles. The number of carbonyl (C=O) groups is 1. The van der Waals surface area contributed by atoms with Gasteiger partial charge < -0.3 is 5.11 Å². The standard InChI is InChI=1S/C27H39N3O4/c1-26(32)10-8-18-16(12-26)6-7-22-19(18)9-11-27(2)24(22)20-4-3-5-21(20)25(27)23(31)15-29-14-17(13-28-29)30(33)34/h13-14,16,18-22,24-25,32H,3-12,15H2,1-2H3/t16?,18-,19+,20+,21-,22?,24?,25+,26+,27-/m0/s1. The molecule has 1 heterocycles. The first-order valence-electron chi connectivity index (χ1n) is 13.6. The average Bonchev–Trinajstić information content (AvgIpc) is 3.47. The van der Waals surface area contributed by atoms with Gasteiger partial charge in [-0.25, -0.2) is 0 Å². The van der Waals surface area contributed by atoms with E-state index in [1.165, 1.54) is 49.2 Å². The van der Waals surface area contributed by atoms with E-state index >= 15 is 0 Å². The third-order valence-electron chi connectivity index (χ3n) is 11.3. The topological polar surface area (TPSA) is 98.3 Å². The van der Waals surface area contributed by atoms with Gasteiger partial charge in [0.1, 0.15) is 18.9 Å². The number of ketones is 1. The van der Waals surface area contributed by atoms with Crippen LogP contribution in [0.25, 0.3) is 0 Å². The molecule has 7 heteroatoms. The summed E-state index contributed by atoms with van der Waals surface area (Å²) >= 11 is 0. The highest BCUT2D eigenvalue weighted by molar-refractivity contribution is 5.82. The Kier molecular flexibility index (Phi) is 5.25. The molecule has 5 saturated carbocycles. The number of aromatic nitrogens is 2. The SMILES string of the molecule is C[C@@]1(O)CC[C@H]2C(CCC3C4[C@@H]5CCC[C@@H]5[C@H](C(=O)Cn5cc([N+](=O)[O-])cn5)[C@@]4(C)CC[C@@H]32)C1. The highest BCUT2D eigenvalue weighted by Crippen LogP contribution is 2.70. The van der Waals surface area contributed by atoms with Crippen LogP contribution in [0.5, 0.6) is 0 Å². The van der Waals surface area contributed by atoms with Crippen molar-refractivity contribution in [2.24, 2.45) is 52.8 Å². The van der Waals surface area contributed by atoms with Gasteiger partial charge in [0.05, 0.1) is 10.5 Å². The van der Waals surface area contributed by atoms with Crippen LogP contribution in [0.3, 0.4) is 0 Å². The van der Waals surface area contributed by atoms with Crippen molar-refractivity contribution in [1.82, 2.24) is 9.78 Å². The van der Waals surface area contributed by atoms with Crippen LogP contribution in [0.4, 0.5) is 5.69 Å². The number of rotatable bonds is 4. The molecule has 6 rings (SSSR count). The maximum absolute atomic E-state index is 13.8. The second-order valence-electron chi connectivity index (χ2n) is 13.0. The van der Waals surface area contributed by atoms with Crippen LogP contribution < -0.4 is 0 Å². The Hall–Kier alpha value is -1.76. The third-order valence-corrected chi connectivity index (χ3v) is 11.3. The van der Waals surface area contributed by atoms with Gasteiger partial charge in [0.25, 0.3) is 0 Å². The van der Waals surface area contributed by atoms with E-state index in [0.717, 1.165) is 49.9 Å². The molecule has 0 aliphatic heterocycles. The first-order chi connectivity index (χ1) is 16.2. The second kappa shape index (κ2) is 7.87. The zero-order chi connectivity index (χ0) is 23.8. The predicted molar refractivity (Wildman–Crippen MR) is 127 cm³/mol. The molecule has 1 aromatic heterocycles. The van der Waals surface area contributed by atoms with Gasteiger partial charge in [0.2, 0.25) is 0 Å². The second-order valence-corrected chi connectivity index (χ2v) is 13.0. The Morgan fingerprint density at radius 1 is 1.09 bits per heavy atom. The van der Waals surface area contributed by atoms with E-state index in [-0.39, 0.29) is 29.3 Å². The molecule has 5 aliphatic carbocycles. The molecule has 10 atom stereocenters. The summed E-state index contributed by atoms with van der Waals surface area (Å²) in [6, 6.07) is 0. The highest BCUT2D eigenvalue weighted by Gasteiger charge is 2.65. The number of aliphatic hydroxyl groups is 1. The summed E-state index contributed by atoms with van der Waals surface area (Å²) in [6.45, 7) is 4.59. The fourth-order valence-corrected chi connectivity index (χ4v) is 10.3. The molecule has 0 bridgehead atoms. The Labute approximate surface area is 201 Å². The number of hydrogen-bond donors (Lipinski definition) is 1. The lowest BCUT2D eigenvalue weighted by Crippen LogP contribution is -2.52. The summed E-state index contributed by atoms with van der Waals surface area (Å²) in [5.41, 5.74) is -0.494. The molecule has 0 saturated heterocycles. The molecule has 5 fully saturated rings. The smallest absolute Gasteiger partial charge is 0.307 e. The van der Waals surface area contributed by atoms with E-state index in [9.17, 15) is 20.0 Å². The van der Waals surface area contributed by atoms with Crippen molar-refractivity contribution in [2.75, 3.05) is 0 Å². The molecular weight excluding hydrogens is 430 g/mol. The van der Waals surface area contributed by atoms with Crippen LogP contribution in [0.15, 0.2) is 12.4 Å². The van der Waals surface area contributed by atoms with Crippen molar-refractivity contribution in [3.05, 3.63) is 22.5 Å². The Bertz CT molecular complexity index is 988. The van der Waals surface area contributed by atoms with E-state index in [4.69, 9.17) is 0 Å². The molecule has 7 nitrogen and oxygen atoms in total. The van der Waals surface area contributed by atoms with Gasteiger partial charge in [0, 0.05) is 5.92 Å². The van der Waals surface area contributed by atoms with E-state index in [2.05, 4.69) is 12.0 Å². The molecule has 0 spiro atoms. The molecule has 0 amide bonds. The Balaban J connectivity index is 1.26. The van der Waals surface area contributed by atoms with Gasteiger partial charge in [-0.1, -0.05) is 13.3 Å². The van der Waals surface area contributed by atoms with Crippen molar-refractivity contribution in [3.63, 3.8) is 0 Å². The fraction of sp³-hybridized carbons (Fsp3) is 0.852. The molecule has 34 heavy (non-hydrogen) atoms. The van der Waals surface area contributed by atoms with Crippen LogP contribution in [-0.4, -0.2) is 31.2 Å². The van der Waals surface area contributed by atoms with Crippen molar-refractivity contribution in [2.45, 2.75) is 90.2 Å². The third kappa shape index (κ3) is 3.40. The minimum atomic E-state index is -0.486. The largest absolute Gasteiger partial charge is 0.390 e. The summed E-state index contributed by atoms with van der Waals surface area (Å²) in [6.07, 6.45) is 14.2. The summed E-state index contributed by atoms with van der Waals surface area (Å²) in [7, 11) is 0. The fourth-order valence-electron chi connectivity index (χ4n) is 10.3. The van der Waals surface area contributed by atoms with Crippen LogP contribution in [0.1, 0.15) is 78.1 Å². The minimum absolute atomic E-state index is 0.0418. The lowest BCUT2D eigenvalue weighted by molar-refractivity contribution is -0.385. The molecule has 186 valence electrons. The highest BCUT2D eigenvalue weighted by atomic mass is 16.6. The number of Topliss-reactive ketones (excluding diaryl/α,β-unsaturated/α-hetero) is 1. The zero-order valence-electron chi connectivity index (χ0n) is 20.6. The van der Waals surface area contributed by atoms with Crippen molar-refractivity contribution in [3.8, 4) is 0 Å². The summed E-state index contributed by atoms with van der Waals surface area (Å²) in [4.78, 5) is 24.4. The van der Waals surface area contributed by atoms with E-state index < -0.39 is 10.5 Å². The minimum Gasteiger partial charge on any atom is -0.390 e. The monoisotopic (exact) mass is 469 g/mol. The van der Waals surface area contributed by atoms with Gasteiger partial charge in [-0.2, -0.15) is 5.10 Å². The zero-order valence-corrected chi connectivity index (χ0v) is 20.6. The number of hydrogen-bond acceptors (Lipinski definition) is 5. The van der Waals surface area contributed by atoms with Crippen LogP contribution in [0, 0.1) is 62.9 Å².